The molecule has 1 aromatic rings. The highest BCUT2D eigenvalue weighted by atomic mass is 79.9. The molecule has 0 saturated carbocycles. The molecule has 0 aliphatic carbocycles. The van der Waals surface area contributed by atoms with Gasteiger partial charge in [-0.1, -0.05) is 0 Å². The highest BCUT2D eigenvalue weighted by Gasteiger charge is 2.24. The van der Waals surface area contributed by atoms with Crippen LogP contribution < -0.4 is 4.74 Å². The molecule has 0 N–H and O–H groups in total. The molecule has 1 heterocycles. The summed E-state index contributed by atoms with van der Waals surface area (Å²) < 4.78 is 34.8. The maximum absolute atomic E-state index is 12.6. The number of ether oxygens (including phenoxy) is 2. The van der Waals surface area contributed by atoms with E-state index in [1.165, 1.54) is 7.11 Å². The summed E-state index contributed by atoms with van der Waals surface area (Å²) in [5.74, 6) is -0.653. The lowest BCUT2D eigenvalue weighted by atomic mass is 10.2. The Morgan fingerprint density at radius 3 is 2.71 bits per heavy atom. The lowest BCUT2D eigenvalue weighted by molar-refractivity contribution is 0.0520. The Morgan fingerprint density at radius 2 is 2.24 bits per heavy atom. The fourth-order valence-corrected chi connectivity index (χ4v) is 1.82. The van der Waals surface area contributed by atoms with Crippen LogP contribution in [0.2, 0.25) is 0 Å². The lowest BCUT2D eigenvalue weighted by Crippen LogP contribution is -2.10. The smallest absolute Gasteiger partial charge is 0.343 e. The molecule has 0 saturated heterocycles. The highest BCUT2D eigenvalue weighted by molar-refractivity contribution is 9.10. The largest absolute Gasteiger partial charge is 0.494 e. The summed E-state index contributed by atoms with van der Waals surface area (Å²) in [6.07, 6.45) is -1.72. The van der Waals surface area contributed by atoms with Gasteiger partial charge in [0.15, 0.2) is 5.75 Å². The fraction of sp³-hybridized carbons (Fsp3) is 0.400. The summed E-state index contributed by atoms with van der Waals surface area (Å²) in [4.78, 5) is 15.1. The average molecular weight is 310 g/mol. The molecule has 4 nitrogen and oxygen atoms in total. The molecule has 0 bridgehead atoms. The normalized spacial score (nSPS) is 10.5. The number of aromatic nitrogens is 1. The zero-order valence-corrected chi connectivity index (χ0v) is 10.8. The number of methoxy groups -OCH3 is 1. The van der Waals surface area contributed by atoms with Gasteiger partial charge in [-0.2, -0.15) is 0 Å². The van der Waals surface area contributed by atoms with Crippen molar-refractivity contribution in [3.8, 4) is 5.75 Å². The van der Waals surface area contributed by atoms with Crippen LogP contribution in [0, 0.1) is 0 Å². The molecule has 0 aliphatic heterocycles. The molecule has 0 spiro atoms. The molecule has 0 radical (unpaired) electrons. The van der Waals surface area contributed by atoms with E-state index in [0.29, 0.717) is 0 Å². The maximum atomic E-state index is 12.6. The topological polar surface area (TPSA) is 48.4 Å². The Hall–Kier alpha value is -1.24. The second-order valence-corrected chi connectivity index (χ2v) is 3.71. The maximum Gasteiger partial charge on any atom is 0.343 e. The van der Waals surface area contributed by atoms with Crippen LogP contribution in [0.4, 0.5) is 8.78 Å². The van der Waals surface area contributed by atoms with Gasteiger partial charge in [0.1, 0.15) is 11.3 Å². The quantitative estimate of drug-likeness (QED) is 0.802. The van der Waals surface area contributed by atoms with Gasteiger partial charge in [-0.05, 0) is 22.9 Å². The second kappa shape index (κ2) is 5.90. The molecule has 0 aromatic carbocycles. The first-order chi connectivity index (χ1) is 8.02. The van der Waals surface area contributed by atoms with Gasteiger partial charge in [0, 0.05) is 0 Å². The lowest BCUT2D eigenvalue weighted by Gasteiger charge is -2.11. The first kappa shape index (κ1) is 13.8. The minimum absolute atomic E-state index is 0.0831. The molecule has 1 rings (SSSR count). The molecule has 0 amide bonds. The molecular formula is C10H10BrF2NO3. The van der Waals surface area contributed by atoms with Crippen LogP contribution in [0.3, 0.4) is 0 Å². The van der Waals surface area contributed by atoms with Gasteiger partial charge in [-0.25, -0.2) is 13.6 Å². The van der Waals surface area contributed by atoms with Gasteiger partial charge < -0.3 is 9.47 Å². The molecular weight excluding hydrogens is 300 g/mol. The van der Waals surface area contributed by atoms with E-state index in [-0.39, 0.29) is 22.4 Å². The molecule has 17 heavy (non-hydrogen) atoms. The van der Waals surface area contributed by atoms with E-state index >= 15 is 0 Å². The van der Waals surface area contributed by atoms with Crippen molar-refractivity contribution in [2.75, 3.05) is 13.7 Å². The van der Waals surface area contributed by atoms with Crippen LogP contribution in [0.5, 0.6) is 5.75 Å². The number of esters is 1. The summed E-state index contributed by atoms with van der Waals surface area (Å²) in [7, 11) is 1.31. The van der Waals surface area contributed by atoms with E-state index in [1.54, 1.807) is 6.92 Å². The number of carbonyl (C=O) groups is 1. The Labute approximate surface area is 105 Å². The number of hydrogen-bond acceptors (Lipinski definition) is 4. The van der Waals surface area contributed by atoms with Crippen LogP contribution in [-0.2, 0) is 4.74 Å². The minimum atomic E-state index is -2.79. The molecule has 7 heteroatoms. The van der Waals surface area contributed by atoms with E-state index < -0.39 is 18.1 Å². The zero-order chi connectivity index (χ0) is 13.0. The Balaban J connectivity index is 3.32. The average Bonchev–Trinajstić information content (AvgIpc) is 2.27. The number of pyridine rings is 1. The monoisotopic (exact) mass is 309 g/mol. The van der Waals surface area contributed by atoms with Crippen molar-refractivity contribution in [1.29, 1.82) is 0 Å². The molecule has 1 aromatic heterocycles. The fourth-order valence-electron chi connectivity index (χ4n) is 1.19. The number of rotatable bonds is 4. The van der Waals surface area contributed by atoms with Crippen molar-refractivity contribution in [2.45, 2.75) is 13.3 Å². The Morgan fingerprint density at radius 1 is 1.59 bits per heavy atom. The Bertz CT molecular complexity index is 426. The minimum Gasteiger partial charge on any atom is -0.494 e. The molecule has 0 aliphatic rings. The van der Waals surface area contributed by atoms with E-state index in [1.807, 2.05) is 0 Å². The van der Waals surface area contributed by atoms with Gasteiger partial charge in [0.05, 0.1) is 24.4 Å². The van der Waals surface area contributed by atoms with Crippen LogP contribution in [0.1, 0.15) is 29.4 Å². The van der Waals surface area contributed by atoms with Crippen molar-refractivity contribution in [2.24, 2.45) is 0 Å². The predicted molar refractivity (Wildman–Crippen MR) is 59.4 cm³/mol. The van der Waals surface area contributed by atoms with E-state index in [2.05, 4.69) is 20.9 Å². The van der Waals surface area contributed by atoms with Gasteiger partial charge in [-0.15, -0.1) is 0 Å². The number of alkyl halides is 2. The summed E-state index contributed by atoms with van der Waals surface area (Å²) in [6.45, 7) is 1.76. The first-order valence-corrected chi connectivity index (χ1v) is 5.49. The van der Waals surface area contributed by atoms with Crippen LogP contribution in [-0.4, -0.2) is 24.7 Å². The summed E-state index contributed by atoms with van der Waals surface area (Å²) in [5, 5.41) is 0. The molecule has 0 unspecified atom stereocenters. The molecule has 0 atom stereocenters. The number of halogens is 3. The number of carbonyl (C=O) groups excluding carboxylic acids is 1. The van der Waals surface area contributed by atoms with E-state index in [4.69, 9.17) is 9.47 Å². The van der Waals surface area contributed by atoms with Gasteiger partial charge in [-0.3, -0.25) is 4.98 Å². The first-order valence-electron chi connectivity index (χ1n) is 4.70. The van der Waals surface area contributed by atoms with Crippen molar-refractivity contribution in [3.05, 3.63) is 21.9 Å². The summed E-state index contributed by atoms with van der Waals surface area (Å²) >= 11 is 2.92. The third-order valence-electron chi connectivity index (χ3n) is 1.92. The van der Waals surface area contributed by atoms with Crippen molar-refractivity contribution in [1.82, 2.24) is 4.98 Å². The van der Waals surface area contributed by atoms with Crippen molar-refractivity contribution >= 4 is 21.9 Å². The van der Waals surface area contributed by atoms with Gasteiger partial charge >= 0.3 is 5.97 Å². The summed E-state index contributed by atoms with van der Waals surface area (Å²) in [5.41, 5.74) is -0.603. The summed E-state index contributed by atoms with van der Waals surface area (Å²) in [6, 6.07) is 0. The van der Waals surface area contributed by atoms with Crippen molar-refractivity contribution < 1.29 is 23.0 Å². The van der Waals surface area contributed by atoms with E-state index in [9.17, 15) is 13.6 Å². The predicted octanol–water partition coefficient (Wildman–Crippen LogP) is 2.97. The van der Waals surface area contributed by atoms with Crippen LogP contribution in [0.15, 0.2) is 10.7 Å². The second-order valence-electron chi connectivity index (χ2n) is 2.92. The van der Waals surface area contributed by atoms with Crippen molar-refractivity contribution in [3.63, 3.8) is 0 Å². The van der Waals surface area contributed by atoms with Crippen LogP contribution >= 0.6 is 15.9 Å². The van der Waals surface area contributed by atoms with E-state index in [0.717, 1.165) is 6.20 Å². The third kappa shape index (κ3) is 2.91. The highest BCUT2D eigenvalue weighted by Crippen LogP contribution is 2.33. The molecule has 94 valence electrons. The molecule has 0 fully saturated rings. The van der Waals surface area contributed by atoms with Crippen LogP contribution in [0.25, 0.3) is 0 Å². The SMILES string of the molecule is CCOC(=O)c1c(OC)cnc(C(F)F)c1Br. The van der Waals surface area contributed by atoms with Gasteiger partial charge in [0.25, 0.3) is 6.43 Å². The third-order valence-corrected chi connectivity index (χ3v) is 2.72. The number of hydrogen-bond donors (Lipinski definition) is 0. The number of nitrogens with zero attached hydrogens (tertiary/aromatic N) is 1. The zero-order valence-electron chi connectivity index (χ0n) is 9.17. The van der Waals surface area contributed by atoms with Gasteiger partial charge in [0.2, 0.25) is 0 Å². The Kier molecular flexibility index (Phi) is 4.80. The standard InChI is InChI=1S/C10H10BrF2NO3/c1-3-17-10(15)6-5(16-2)4-14-8(7(6)11)9(12)13/h4,9H,3H2,1-2H3.